The Morgan fingerprint density at radius 3 is 2.76 bits per heavy atom. The fourth-order valence-corrected chi connectivity index (χ4v) is 2.82. The molecular weight excluding hydrogens is 342 g/mol. The predicted octanol–water partition coefficient (Wildman–Crippen LogP) is 2.61. The van der Waals surface area contributed by atoms with E-state index in [2.05, 4.69) is 15.5 Å². The molecule has 2 rings (SSSR count). The topological polar surface area (TPSA) is 94.3 Å². The molecule has 0 atom stereocenters. The van der Waals surface area contributed by atoms with E-state index in [0.29, 0.717) is 22.7 Å². The van der Waals surface area contributed by atoms with Crippen molar-refractivity contribution in [2.75, 3.05) is 5.75 Å². The first-order valence-electron chi connectivity index (χ1n) is 7.99. The Morgan fingerprint density at radius 2 is 2.08 bits per heavy atom. The molecular formula is C17H21N3O4S. The zero-order chi connectivity index (χ0) is 18.2. The van der Waals surface area contributed by atoms with Crippen molar-refractivity contribution in [2.24, 2.45) is 0 Å². The molecule has 0 saturated carbocycles. The van der Waals surface area contributed by atoms with Gasteiger partial charge in [0, 0.05) is 17.4 Å². The van der Waals surface area contributed by atoms with Gasteiger partial charge < -0.3 is 14.6 Å². The van der Waals surface area contributed by atoms with Gasteiger partial charge in [-0.1, -0.05) is 24.2 Å². The summed E-state index contributed by atoms with van der Waals surface area (Å²) in [6.07, 6.45) is 0.648. The first-order valence-corrected chi connectivity index (χ1v) is 8.98. The fraction of sp³-hybridized carbons (Fsp3) is 0.412. The highest BCUT2D eigenvalue weighted by atomic mass is 32.2. The maximum Gasteiger partial charge on any atom is 0.339 e. The molecule has 7 nitrogen and oxygen atoms in total. The molecule has 0 saturated heterocycles. The van der Waals surface area contributed by atoms with Crippen LogP contribution in [0.4, 0.5) is 0 Å². The molecule has 1 aromatic heterocycles. The van der Waals surface area contributed by atoms with Crippen LogP contribution >= 0.6 is 11.8 Å². The van der Waals surface area contributed by atoms with Crippen molar-refractivity contribution in [3.63, 3.8) is 0 Å². The molecule has 0 unspecified atom stereocenters. The van der Waals surface area contributed by atoms with Crippen molar-refractivity contribution in [3.8, 4) is 0 Å². The van der Waals surface area contributed by atoms with E-state index >= 15 is 0 Å². The van der Waals surface area contributed by atoms with Gasteiger partial charge in [-0.25, -0.2) is 4.79 Å². The number of nitrogens with zero attached hydrogens (tertiary/aromatic N) is 2. The lowest BCUT2D eigenvalue weighted by Gasteiger charge is -2.10. The summed E-state index contributed by atoms with van der Waals surface area (Å²) < 4.78 is 10.2. The van der Waals surface area contributed by atoms with Gasteiger partial charge in [-0.2, -0.15) is 4.98 Å². The van der Waals surface area contributed by atoms with Crippen LogP contribution in [0.25, 0.3) is 0 Å². The molecule has 134 valence electrons. The van der Waals surface area contributed by atoms with Crippen molar-refractivity contribution < 1.29 is 18.8 Å². The number of benzene rings is 1. The number of nitrogens with one attached hydrogen (secondary N) is 1. The van der Waals surface area contributed by atoms with Crippen molar-refractivity contribution in [1.29, 1.82) is 0 Å². The number of amides is 1. The highest BCUT2D eigenvalue weighted by Crippen LogP contribution is 2.23. The average molecular weight is 363 g/mol. The summed E-state index contributed by atoms with van der Waals surface area (Å²) in [4.78, 5) is 28.9. The second-order valence-corrected chi connectivity index (χ2v) is 6.56. The van der Waals surface area contributed by atoms with Gasteiger partial charge in [0.05, 0.1) is 11.3 Å². The number of thioether (sulfide) groups is 1. The van der Waals surface area contributed by atoms with Crippen molar-refractivity contribution in [3.05, 3.63) is 41.5 Å². The largest absolute Gasteiger partial charge is 0.452 e. The Kier molecular flexibility index (Phi) is 7.00. The number of hydrogen-bond acceptors (Lipinski definition) is 7. The van der Waals surface area contributed by atoms with Crippen LogP contribution in [0.3, 0.4) is 0 Å². The minimum absolute atomic E-state index is 0.0794. The maximum absolute atomic E-state index is 12.3. The minimum Gasteiger partial charge on any atom is -0.452 e. The van der Waals surface area contributed by atoms with E-state index in [0.717, 1.165) is 0 Å². The standard InChI is InChI=1S/C17H21N3O4S/c1-4-14-19-16(24-20-14)9-23-17(22)12-7-5-6-8-13(12)25-10-15(21)18-11(2)3/h5-8,11H,4,9-10H2,1-3H3,(H,18,21). The number of aromatic nitrogens is 2. The molecule has 0 bridgehead atoms. The third kappa shape index (κ3) is 5.90. The molecule has 0 aliphatic heterocycles. The summed E-state index contributed by atoms with van der Waals surface area (Å²) in [5, 5.41) is 6.56. The molecule has 0 spiro atoms. The summed E-state index contributed by atoms with van der Waals surface area (Å²) in [5.41, 5.74) is 0.403. The van der Waals surface area contributed by atoms with Gasteiger partial charge in [-0.15, -0.1) is 11.8 Å². The maximum atomic E-state index is 12.3. The molecule has 8 heteroatoms. The second kappa shape index (κ2) is 9.22. The van der Waals surface area contributed by atoms with Crippen molar-refractivity contribution in [1.82, 2.24) is 15.5 Å². The Morgan fingerprint density at radius 1 is 1.32 bits per heavy atom. The molecule has 0 aliphatic rings. The third-order valence-electron chi connectivity index (χ3n) is 3.07. The van der Waals surface area contributed by atoms with Gasteiger partial charge in [-0.3, -0.25) is 4.79 Å². The van der Waals surface area contributed by atoms with E-state index in [4.69, 9.17) is 9.26 Å². The number of hydrogen-bond donors (Lipinski definition) is 1. The Hall–Kier alpha value is -2.35. The Balaban J connectivity index is 1.96. The number of ether oxygens (including phenoxy) is 1. The van der Waals surface area contributed by atoms with Crippen LogP contribution in [-0.2, 0) is 22.6 Å². The van der Waals surface area contributed by atoms with Crippen LogP contribution in [-0.4, -0.2) is 33.8 Å². The number of carbonyl (C=O) groups is 2. The summed E-state index contributed by atoms with van der Waals surface area (Å²) in [7, 11) is 0. The molecule has 2 aromatic rings. The van der Waals surface area contributed by atoms with Crippen molar-refractivity contribution in [2.45, 2.75) is 44.7 Å². The fourth-order valence-electron chi connectivity index (χ4n) is 1.97. The van der Waals surface area contributed by atoms with Gasteiger partial charge in [0.2, 0.25) is 5.91 Å². The summed E-state index contributed by atoms with van der Waals surface area (Å²) >= 11 is 1.29. The number of esters is 1. The van der Waals surface area contributed by atoms with Crippen LogP contribution in [0, 0.1) is 0 Å². The minimum atomic E-state index is -0.497. The van der Waals surface area contributed by atoms with Gasteiger partial charge in [0.25, 0.3) is 5.89 Å². The average Bonchev–Trinajstić information content (AvgIpc) is 3.05. The lowest BCUT2D eigenvalue weighted by molar-refractivity contribution is -0.119. The van der Waals surface area contributed by atoms with E-state index < -0.39 is 5.97 Å². The van der Waals surface area contributed by atoms with Crippen LogP contribution in [0.15, 0.2) is 33.7 Å². The van der Waals surface area contributed by atoms with E-state index in [-0.39, 0.29) is 30.2 Å². The smallest absolute Gasteiger partial charge is 0.339 e. The predicted molar refractivity (Wildman–Crippen MR) is 93.2 cm³/mol. The van der Waals surface area contributed by atoms with Crippen LogP contribution in [0.1, 0.15) is 42.8 Å². The van der Waals surface area contributed by atoms with Crippen LogP contribution in [0.5, 0.6) is 0 Å². The van der Waals surface area contributed by atoms with E-state index in [1.807, 2.05) is 26.8 Å². The van der Waals surface area contributed by atoms with Crippen LogP contribution < -0.4 is 5.32 Å². The molecule has 0 aliphatic carbocycles. The van der Waals surface area contributed by atoms with E-state index in [1.165, 1.54) is 11.8 Å². The number of carbonyl (C=O) groups excluding carboxylic acids is 2. The molecule has 1 amide bonds. The highest BCUT2D eigenvalue weighted by molar-refractivity contribution is 8.00. The van der Waals surface area contributed by atoms with E-state index in [1.54, 1.807) is 18.2 Å². The van der Waals surface area contributed by atoms with Crippen molar-refractivity contribution >= 4 is 23.6 Å². The quantitative estimate of drug-likeness (QED) is 0.569. The van der Waals surface area contributed by atoms with E-state index in [9.17, 15) is 9.59 Å². The lowest BCUT2D eigenvalue weighted by atomic mass is 10.2. The lowest BCUT2D eigenvalue weighted by Crippen LogP contribution is -2.31. The molecule has 1 heterocycles. The first-order chi connectivity index (χ1) is 12.0. The Labute approximate surface area is 150 Å². The molecule has 1 aromatic carbocycles. The molecule has 0 fully saturated rings. The SMILES string of the molecule is CCc1noc(COC(=O)c2ccccc2SCC(=O)NC(C)C)n1. The molecule has 25 heavy (non-hydrogen) atoms. The zero-order valence-corrected chi connectivity index (χ0v) is 15.3. The normalized spacial score (nSPS) is 10.7. The van der Waals surface area contributed by atoms with Gasteiger partial charge in [0.1, 0.15) is 0 Å². The summed E-state index contributed by atoms with van der Waals surface area (Å²) in [6.45, 7) is 5.62. The number of aryl methyl sites for hydroxylation is 1. The third-order valence-corrected chi connectivity index (χ3v) is 4.14. The van der Waals surface area contributed by atoms with Gasteiger partial charge in [0.15, 0.2) is 12.4 Å². The first kappa shape index (κ1) is 19.0. The Bertz CT molecular complexity index is 730. The monoisotopic (exact) mass is 363 g/mol. The molecule has 0 radical (unpaired) electrons. The number of rotatable bonds is 8. The van der Waals surface area contributed by atoms with Gasteiger partial charge in [-0.05, 0) is 26.0 Å². The van der Waals surface area contributed by atoms with Crippen LogP contribution in [0.2, 0.25) is 0 Å². The second-order valence-electron chi connectivity index (χ2n) is 5.54. The summed E-state index contributed by atoms with van der Waals surface area (Å²) in [6, 6.07) is 7.08. The highest BCUT2D eigenvalue weighted by Gasteiger charge is 2.16. The zero-order valence-electron chi connectivity index (χ0n) is 14.4. The van der Waals surface area contributed by atoms with Gasteiger partial charge >= 0.3 is 5.97 Å². The summed E-state index contributed by atoms with van der Waals surface area (Å²) in [5.74, 6) is 0.473. The molecule has 1 N–H and O–H groups in total.